The van der Waals surface area contributed by atoms with Crippen molar-refractivity contribution in [1.29, 1.82) is 0 Å². The molecule has 1 aliphatic heterocycles. The molecule has 0 unspecified atom stereocenters. The molecule has 2 aromatic carbocycles. The molecule has 4 rings (SSSR count). The molecule has 30 heavy (non-hydrogen) atoms. The highest BCUT2D eigenvalue weighted by Gasteiger charge is 2.20. The van der Waals surface area contributed by atoms with Crippen LogP contribution in [0.25, 0.3) is 11.4 Å². The molecular formula is C20H18N4O5S. The van der Waals surface area contributed by atoms with Crippen LogP contribution >= 0.6 is 11.8 Å². The summed E-state index contributed by atoms with van der Waals surface area (Å²) in [6.07, 6.45) is 0. The molecule has 9 nitrogen and oxygen atoms in total. The predicted octanol–water partition coefficient (Wildman–Crippen LogP) is 3.14. The molecule has 0 saturated heterocycles. The number of aromatic amines is 1. The van der Waals surface area contributed by atoms with E-state index in [0.717, 1.165) is 11.3 Å². The molecule has 0 radical (unpaired) electrons. The van der Waals surface area contributed by atoms with E-state index in [1.807, 2.05) is 24.3 Å². The Labute approximate surface area is 176 Å². The fourth-order valence-corrected chi connectivity index (χ4v) is 3.44. The van der Waals surface area contributed by atoms with E-state index in [1.54, 1.807) is 19.2 Å². The first-order valence-corrected chi connectivity index (χ1v) is 9.96. The maximum Gasteiger partial charge on any atom is 0.234 e. The summed E-state index contributed by atoms with van der Waals surface area (Å²) in [7, 11) is 1.60. The minimum atomic E-state index is -0.294. The third kappa shape index (κ3) is 4.23. The first-order valence-electron chi connectivity index (χ1n) is 8.97. The number of H-pyrrole nitrogens is 1. The number of ketones is 1. The summed E-state index contributed by atoms with van der Waals surface area (Å²) in [5, 5.41) is 10.2. The summed E-state index contributed by atoms with van der Waals surface area (Å²) in [4.78, 5) is 28.7. The molecule has 0 aliphatic carbocycles. The first kappa shape index (κ1) is 19.8. The van der Waals surface area contributed by atoms with Crippen LogP contribution < -0.4 is 19.5 Å². The maximum atomic E-state index is 12.4. The molecule has 10 heteroatoms. The maximum absolute atomic E-state index is 12.4. The van der Waals surface area contributed by atoms with Crippen LogP contribution in [0.15, 0.2) is 41.6 Å². The SMILES string of the molecule is COc1ccc(-c2nc(SCC(=O)Nc3cc4c(cc3C(C)=O)OCO4)n[nH]2)cc1. The van der Waals surface area contributed by atoms with Crippen LogP contribution in [-0.4, -0.2) is 46.5 Å². The molecule has 1 aliphatic rings. The lowest BCUT2D eigenvalue weighted by Gasteiger charge is -2.10. The smallest absolute Gasteiger partial charge is 0.234 e. The summed E-state index contributed by atoms with van der Waals surface area (Å²) in [6, 6.07) is 10.6. The second kappa shape index (κ2) is 8.46. The van der Waals surface area contributed by atoms with Gasteiger partial charge >= 0.3 is 0 Å². The van der Waals surface area contributed by atoms with E-state index < -0.39 is 0 Å². The number of aromatic nitrogens is 3. The van der Waals surface area contributed by atoms with E-state index in [4.69, 9.17) is 14.2 Å². The minimum absolute atomic E-state index is 0.0751. The van der Waals surface area contributed by atoms with Crippen LogP contribution in [0, 0.1) is 0 Å². The molecule has 2 N–H and O–H groups in total. The zero-order valence-corrected chi connectivity index (χ0v) is 17.0. The first-order chi connectivity index (χ1) is 14.5. The third-order valence-electron chi connectivity index (χ3n) is 4.33. The van der Waals surface area contributed by atoms with Crippen molar-refractivity contribution in [3.8, 4) is 28.6 Å². The number of anilines is 1. The van der Waals surface area contributed by atoms with Crippen LogP contribution in [-0.2, 0) is 4.79 Å². The topological polar surface area (TPSA) is 115 Å². The van der Waals surface area contributed by atoms with Gasteiger partial charge in [0.15, 0.2) is 23.1 Å². The van der Waals surface area contributed by atoms with Gasteiger partial charge in [-0.2, -0.15) is 0 Å². The number of methoxy groups -OCH3 is 1. The Morgan fingerprint density at radius 3 is 2.63 bits per heavy atom. The number of ether oxygens (including phenoxy) is 3. The van der Waals surface area contributed by atoms with Gasteiger partial charge in [0, 0.05) is 17.2 Å². The molecule has 0 saturated carbocycles. The van der Waals surface area contributed by atoms with Crippen LogP contribution in [0.2, 0.25) is 0 Å². The Balaban J connectivity index is 1.40. The van der Waals surface area contributed by atoms with Gasteiger partial charge < -0.3 is 19.5 Å². The number of carbonyl (C=O) groups is 2. The Kier molecular flexibility index (Phi) is 5.57. The van der Waals surface area contributed by atoms with Gasteiger partial charge in [0.25, 0.3) is 0 Å². The fourth-order valence-electron chi connectivity index (χ4n) is 2.84. The number of hydrogen-bond acceptors (Lipinski definition) is 8. The van der Waals surface area contributed by atoms with Crippen molar-refractivity contribution in [1.82, 2.24) is 15.2 Å². The van der Waals surface area contributed by atoms with Gasteiger partial charge in [-0.25, -0.2) is 4.98 Å². The molecule has 0 atom stereocenters. The number of rotatable bonds is 7. The normalized spacial score (nSPS) is 11.9. The molecule has 0 bridgehead atoms. The summed E-state index contributed by atoms with van der Waals surface area (Å²) < 4.78 is 15.8. The summed E-state index contributed by atoms with van der Waals surface area (Å²) >= 11 is 1.18. The number of amides is 1. The zero-order chi connectivity index (χ0) is 21.1. The number of benzene rings is 2. The van der Waals surface area contributed by atoms with E-state index >= 15 is 0 Å². The minimum Gasteiger partial charge on any atom is -0.497 e. The highest BCUT2D eigenvalue weighted by molar-refractivity contribution is 7.99. The lowest BCUT2D eigenvalue weighted by atomic mass is 10.1. The van der Waals surface area contributed by atoms with E-state index in [1.165, 1.54) is 18.7 Å². The van der Waals surface area contributed by atoms with Crippen LogP contribution in [0.5, 0.6) is 17.2 Å². The average Bonchev–Trinajstić information content (AvgIpc) is 3.40. The number of hydrogen-bond donors (Lipinski definition) is 2. The lowest BCUT2D eigenvalue weighted by Crippen LogP contribution is -2.16. The number of nitrogens with one attached hydrogen (secondary N) is 2. The second-order valence-corrected chi connectivity index (χ2v) is 7.28. The molecule has 154 valence electrons. The zero-order valence-electron chi connectivity index (χ0n) is 16.2. The fraction of sp³-hybridized carbons (Fsp3) is 0.200. The Morgan fingerprint density at radius 1 is 1.20 bits per heavy atom. The van der Waals surface area contributed by atoms with Gasteiger partial charge in [-0.15, -0.1) is 5.10 Å². The van der Waals surface area contributed by atoms with E-state index in [0.29, 0.717) is 33.7 Å². The standard InChI is InChI=1S/C20H18N4O5S/c1-11(25)14-7-16-17(29-10-28-16)8-15(14)21-18(26)9-30-20-22-19(23-24-20)12-3-5-13(27-2)6-4-12/h3-8H,9-10H2,1-2H3,(H,21,26)(H,22,23,24). The molecule has 0 fully saturated rings. The number of thioether (sulfide) groups is 1. The molecule has 1 amide bonds. The molecular weight excluding hydrogens is 408 g/mol. The van der Waals surface area contributed by atoms with E-state index in [2.05, 4.69) is 20.5 Å². The molecule has 2 heterocycles. The Bertz CT molecular complexity index is 1100. The van der Waals surface area contributed by atoms with Crippen molar-refractivity contribution in [2.24, 2.45) is 0 Å². The summed E-state index contributed by atoms with van der Waals surface area (Å²) in [5.41, 5.74) is 1.59. The van der Waals surface area contributed by atoms with Crippen molar-refractivity contribution in [2.45, 2.75) is 12.1 Å². The number of Topliss-reactive ketones (excluding diaryl/α,β-unsaturated/α-hetero) is 1. The molecule has 0 spiro atoms. The van der Waals surface area contributed by atoms with Crippen molar-refractivity contribution in [2.75, 3.05) is 25.0 Å². The van der Waals surface area contributed by atoms with Crippen molar-refractivity contribution in [3.05, 3.63) is 42.0 Å². The van der Waals surface area contributed by atoms with Crippen LogP contribution in [0.4, 0.5) is 5.69 Å². The van der Waals surface area contributed by atoms with Gasteiger partial charge in [0.1, 0.15) is 5.75 Å². The highest BCUT2D eigenvalue weighted by Crippen LogP contribution is 2.37. The summed E-state index contributed by atoms with van der Waals surface area (Å²) in [5.74, 6) is 1.91. The highest BCUT2D eigenvalue weighted by atomic mass is 32.2. The van der Waals surface area contributed by atoms with Crippen molar-refractivity contribution >= 4 is 29.1 Å². The third-order valence-corrected chi connectivity index (χ3v) is 5.17. The van der Waals surface area contributed by atoms with Gasteiger partial charge in [0.05, 0.1) is 18.6 Å². The second-order valence-electron chi connectivity index (χ2n) is 6.34. The number of nitrogens with zero attached hydrogens (tertiary/aromatic N) is 2. The monoisotopic (exact) mass is 426 g/mol. The van der Waals surface area contributed by atoms with Crippen molar-refractivity contribution in [3.63, 3.8) is 0 Å². The largest absolute Gasteiger partial charge is 0.497 e. The van der Waals surface area contributed by atoms with E-state index in [9.17, 15) is 9.59 Å². The average molecular weight is 426 g/mol. The number of fused-ring (bicyclic) bond motifs is 1. The quantitative estimate of drug-likeness (QED) is 0.437. The Morgan fingerprint density at radius 2 is 1.93 bits per heavy atom. The number of carbonyl (C=O) groups excluding carboxylic acids is 2. The van der Waals surface area contributed by atoms with Gasteiger partial charge in [-0.1, -0.05) is 11.8 Å². The Hall–Kier alpha value is -3.53. The van der Waals surface area contributed by atoms with E-state index in [-0.39, 0.29) is 24.2 Å². The lowest BCUT2D eigenvalue weighted by molar-refractivity contribution is -0.113. The molecule has 1 aromatic heterocycles. The predicted molar refractivity (Wildman–Crippen MR) is 110 cm³/mol. The van der Waals surface area contributed by atoms with Gasteiger partial charge in [-0.3, -0.25) is 14.7 Å². The van der Waals surface area contributed by atoms with Crippen LogP contribution in [0.1, 0.15) is 17.3 Å². The van der Waals surface area contributed by atoms with Crippen LogP contribution in [0.3, 0.4) is 0 Å². The molecule has 3 aromatic rings. The van der Waals surface area contributed by atoms with Gasteiger partial charge in [0.2, 0.25) is 17.9 Å². The van der Waals surface area contributed by atoms with Crippen molar-refractivity contribution < 1.29 is 23.8 Å². The van der Waals surface area contributed by atoms with Gasteiger partial charge in [-0.05, 0) is 37.3 Å². The summed E-state index contributed by atoms with van der Waals surface area (Å²) in [6.45, 7) is 1.51.